The van der Waals surface area contributed by atoms with Crippen molar-refractivity contribution in [3.05, 3.63) is 58.7 Å². The Hall–Kier alpha value is -5.77. The second kappa shape index (κ2) is 13.7. The molecular weight excluding hydrogens is 676 g/mol. The number of fused-ring (bicyclic) bond motifs is 2. The maximum Gasteiger partial charge on any atom is 0.262 e. The second-order valence-electron chi connectivity index (χ2n) is 13.6. The van der Waals surface area contributed by atoms with Crippen LogP contribution in [0.25, 0.3) is 0 Å². The van der Waals surface area contributed by atoms with Crippen LogP contribution in [-0.2, 0) is 24.0 Å². The van der Waals surface area contributed by atoms with Gasteiger partial charge in [-0.25, -0.2) is 0 Å². The zero-order valence-electron chi connectivity index (χ0n) is 28.0. The van der Waals surface area contributed by atoms with Gasteiger partial charge in [0.25, 0.3) is 23.6 Å². The molecule has 0 bridgehead atoms. The first-order valence-electron chi connectivity index (χ1n) is 17.3. The van der Waals surface area contributed by atoms with E-state index < -0.39 is 59.3 Å². The van der Waals surface area contributed by atoms with Gasteiger partial charge in [-0.3, -0.25) is 58.8 Å². The smallest absolute Gasteiger partial charge is 0.262 e. The number of amides is 8. The molecule has 8 amide bonds. The van der Waals surface area contributed by atoms with E-state index in [9.17, 15) is 48.3 Å². The molecule has 4 atom stereocenters. The topological polar surface area (TPSA) is 211 Å². The van der Waals surface area contributed by atoms with E-state index in [2.05, 4.69) is 10.6 Å². The fourth-order valence-electron chi connectivity index (χ4n) is 7.90. The molecule has 2 aromatic carbocycles. The third-order valence-corrected chi connectivity index (χ3v) is 10.6. The minimum atomic E-state index is -0.974. The van der Waals surface area contributed by atoms with Crippen molar-refractivity contribution < 1.29 is 48.3 Å². The first kappa shape index (κ1) is 34.7. The molecule has 16 heteroatoms. The van der Waals surface area contributed by atoms with Gasteiger partial charge in [0.1, 0.15) is 18.4 Å². The van der Waals surface area contributed by atoms with Crippen LogP contribution in [0.5, 0.6) is 0 Å². The monoisotopic (exact) mass is 712 g/mol. The molecule has 52 heavy (non-hydrogen) atoms. The van der Waals surface area contributed by atoms with E-state index in [1.807, 2.05) is 9.80 Å². The molecule has 2 aromatic rings. The first-order valence-corrected chi connectivity index (χ1v) is 17.3. The van der Waals surface area contributed by atoms with Crippen LogP contribution in [0.3, 0.4) is 0 Å². The molecule has 3 N–H and O–H groups in total. The summed E-state index contributed by atoms with van der Waals surface area (Å²) < 4.78 is 0. The molecule has 0 aliphatic carbocycles. The molecule has 6 heterocycles. The largest absolute Gasteiger partial charge is 0.394 e. The lowest BCUT2D eigenvalue weighted by Gasteiger charge is -2.27. The molecule has 8 rings (SSSR count). The van der Waals surface area contributed by atoms with Crippen LogP contribution in [0.1, 0.15) is 92.8 Å². The number of aldehydes is 1. The van der Waals surface area contributed by atoms with Crippen LogP contribution in [-0.4, -0.2) is 112 Å². The number of hydrogen-bond donors (Lipinski definition) is 3. The Morgan fingerprint density at radius 2 is 1.08 bits per heavy atom. The van der Waals surface area contributed by atoms with Crippen LogP contribution in [0, 0.1) is 0 Å². The van der Waals surface area contributed by atoms with Crippen LogP contribution in [0.2, 0.25) is 0 Å². The summed E-state index contributed by atoms with van der Waals surface area (Å²) in [4.78, 5) is 115. The number of piperidine rings is 2. The number of benzene rings is 2. The van der Waals surface area contributed by atoms with Gasteiger partial charge >= 0.3 is 0 Å². The molecule has 16 nitrogen and oxygen atoms in total. The van der Waals surface area contributed by atoms with Crippen molar-refractivity contribution in [1.29, 1.82) is 0 Å². The minimum Gasteiger partial charge on any atom is -0.394 e. The van der Waals surface area contributed by atoms with E-state index in [1.165, 1.54) is 0 Å². The fourth-order valence-corrected chi connectivity index (χ4v) is 7.90. The van der Waals surface area contributed by atoms with Gasteiger partial charge in [0, 0.05) is 37.3 Å². The standard InChI is InChI=1S/C18H19N3O5.C18H17N3O5/c2*22-9-11-2-1-7-20(11)10-3-4-12-13(8-10)18(26)21(17(12)25)14-5-6-15(23)19-16(14)24/h3-4,8,11,14,22H,1-2,5-7,9H2,(H,19,23,24);3-4,8-9,11,14H,1-2,5-7H2,(H,19,23,24)/t2*11-,14?/m00/s1. The third kappa shape index (κ3) is 5.91. The summed E-state index contributed by atoms with van der Waals surface area (Å²) in [6, 6.07) is 7.78. The molecule has 6 aliphatic heterocycles. The van der Waals surface area contributed by atoms with E-state index in [0.717, 1.165) is 54.0 Å². The van der Waals surface area contributed by atoms with Gasteiger partial charge in [0.05, 0.1) is 40.9 Å². The molecule has 6 aliphatic rings. The van der Waals surface area contributed by atoms with Gasteiger partial charge in [-0.15, -0.1) is 0 Å². The van der Waals surface area contributed by atoms with Crippen molar-refractivity contribution in [2.24, 2.45) is 0 Å². The van der Waals surface area contributed by atoms with E-state index in [-0.39, 0.29) is 66.6 Å². The van der Waals surface area contributed by atoms with Crippen molar-refractivity contribution in [2.45, 2.75) is 75.5 Å². The summed E-state index contributed by atoms with van der Waals surface area (Å²) in [6.45, 7) is 1.52. The number of carbonyl (C=O) groups is 9. The third-order valence-electron chi connectivity index (χ3n) is 10.6. The maximum absolute atomic E-state index is 12.8. The molecule has 0 radical (unpaired) electrons. The number of nitrogens with one attached hydrogen (secondary N) is 2. The van der Waals surface area contributed by atoms with Gasteiger partial charge in [0.15, 0.2) is 0 Å². The van der Waals surface area contributed by atoms with Crippen molar-refractivity contribution >= 4 is 64.9 Å². The minimum absolute atomic E-state index is 0.00601. The van der Waals surface area contributed by atoms with Gasteiger partial charge in [-0.1, -0.05) is 0 Å². The number of nitrogens with zero attached hydrogens (tertiary/aromatic N) is 4. The number of anilines is 2. The molecule has 4 saturated heterocycles. The van der Waals surface area contributed by atoms with Crippen LogP contribution in [0.15, 0.2) is 36.4 Å². The van der Waals surface area contributed by atoms with Crippen LogP contribution in [0.4, 0.5) is 11.4 Å². The molecule has 2 unspecified atom stereocenters. The van der Waals surface area contributed by atoms with Crippen LogP contribution >= 0.6 is 0 Å². The summed E-state index contributed by atoms with van der Waals surface area (Å²) in [5.74, 6) is -4.13. The highest BCUT2D eigenvalue weighted by molar-refractivity contribution is 6.24. The Kier molecular flexibility index (Phi) is 9.16. The fraction of sp³-hybridized carbons (Fsp3) is 0.417. The van der Waals surface area contributed by atoms with Crippen molar-refractivity contribution in [3.63, 3.8) is 0 Å². The average Bonchev–Trinajstić information content (AvgIpc) is 3.91. The Labute approximate surface area is 297 Å². The van der Waals surface area contributed by atoms with Crippen molar-refractivity contribution in [1.82, 2.24) is 20.4 Å². The molecule has 0 saturated carbocycles. The van der Waals surface area contributed by atoms with Crippen molar-refractivity contribution in [2.75, 3.05) is 29.5 Å². The van der Waals surface area contributed by atoms with E-state index >= 15 is 0 Å². The lowest BCUT2D eigenvalue weighted by molar-refractivity contribution is -0.137. The highest BCUT2D eigenvalue weighted by Crippen LogP contribution is 2.34. The SMILES string of the molecule is O=C1CCC(N2C(=O)c3ccc(N4CCC[C@H]4CO)cc3C2=O)C(=O)N1.O=C[C@@H]1CCCN1c1ccc2c(c1)C(=O)N(C1CCC(=O)NC1=O)C2=O. The van der Waals surface area contributed by atoms with E-state index in [4.69, 9.17) is 0 Å². The molecule has 0 spiro atoms. The summed E-state index contributed by atoms with van der Waals surface area (Å²) in [5.41, 5.74) is 2.50. The zero-order valence-corrected chi connectivity index (χ0v) is 28.0. The number of rotatable bonds is 6. The zero-order chi connectivity index (χ0) is 36.8. The normalized spacial score (nSPS) is 25.6. The first-order chi connectivity index (χ1) is 25.0. The molecule has 270 valence electrons. The summed E-state index contributed by atoms with van der Waals surface area (Å²) in [7, 11) is 0. The predicted octanol–water partition coefficient (Wildman–Crippen LogP) is 0.304. The van der Waals surface area contributed by atoms with Gasteiger partial charge in [0.2, 0.25) is 23.6 Å². The van der Waals surface area contributed by atoms with Gasteiger partial charge < -0.3 is 19.7 Å². The molecule has 0 aromatic heterocycles. The Balaban J connectivity index is 0.000000162. The summed E-state index contributed by atoms with van der Waals surface area (Å²) in [6.07, 6.45) is 4.82. The van der Waals surface area contributed by atoms with E-state index in [1.54, 1.807) is 36.4 Å². The Morgan fingerprint density at radius 3 is 1.56 bits per heavy atom. The van der Waals surface area contributed by atoms with Crippen molar-refractivity contribution in [3.8, 4) is 0 Å². The summed E-state index contributed by atoms with van der Waals surface area (Å²) in [5, 5.41) is 13.9. The van der Waals surface area contributed by atoms with Gasteiger partial charge in [-0.2, -0.15) is 0 Å². The van der Waals surface area contributed by atoms with Gasteiger partial charge in [-0.05, 0) is 74.9 Å². The van der Waals surface area contributed by atoms with E-state index in [0.29, 0.717) is 12.2 Å². The lowest BCUT2D eigenvalue weighted by Crippen LogP contribution is -2.54. The molecule has 4 fully saturated rings. The Morgan fingerprint density at radius 1 is 0.615 bits per heavy atom. The number of aliphatic hydroxyl groups is 1. The highest BCUT2D eigenvalue weighted by Gasteiger charge is 2.46. The number of aliphatic hydroxyl groups excluding tert-OH is 1. The second-order valence-corrected chi connectivity index (χ2v) is 13.6. The number of hydrogen-bond acceptors (Lipinski definition) is 12. The average molecular weight is 713 g/mol. The predicted molar refractivity (Wildman–Crippen MR) is 180 cm³/mol. The summed E-state index contributed by atoms with van der Waals surface area (Å²) >= 11 is 0. The quantitative estimate of drug-likeness (QED) is 0.273. The Bertz CT molecular complexity index is 1950. The maximum atomic E-state index is 12.8. The number of imide groups is 4. The number of carbonyl (C=O) groups excluding carboxylic acids is 9. The van der Waals surface area contributed by atoms with Crippen LogP contribution < -0.4 is 20.4 Å². The highest BCUT2D eigenvalue weighted by atomic mass is 16.3. The molecular formula is C36H36N6O10. The lowest BCUT2D eigenvalue weighted by atomic mass is 10.0.